The molecular weight excluding hydrogens is 406 g/mol. The van der Waals surface area contributed by atoms with Gasteiger partial charge in [-0.05, 0) is 60.3 Å². The molecule has 1 spiro atoms. The van der Waals surface area contributed by atoms with Gasteiger partial charge in [-0.2, -0.15) is 0 Å². The number of carbonyl (C=O) groups excluding carboxylic acids is 1. The largest absolute Gasteiger partial charge is 0.299 e. The van der Waals surface area contributed by atoms with E-state index in [0.29, 0.717) is 25.4 Å². The molecule has 1 aliphatic heterocycles. The fraction of sp³-hybridized carbons (Fsp3) is 0.609. The van der Waals surface area contributed by atoms with Crippen LogP contribution in [-0.2, 0) is 20.2 Å². The number of allylic oxidation sites excluding steroid dienone is 1. The van der Waals surface area contributed by atoms with Gasteiger partial charge in [-0.15, -0.1) is 0 Å². The lowest BCUT2D eigenvalue weighted by Gasteiger charge is -2.41. The molecule has 2 saturated carbocycles. The Bertz CT molecular complexity index is 1020. The first-order chi connectivity index (χ1) is 13.6. The highest BCUT2D eigenvalue weighted by molar-refractivity contribution is 7.89. The summed E-state index contributed by atoms with van der Waals surface area (Å²) in [6, 6.07) is 5.98. The number of carbonyl (C=O) groups is 1. The molecule has 3 aliphatic carbocycles. The van der Waals surface area contributed by atoms with Gasteiger partial charge in [0.05, 0.1) is 5.75 Å². The maximum Gasteiger partial charge on any atom is 0.215 e. The summed E-state index contributed by atoms with van der Waals surface area (Å²) in [5, 5.41) is 0.725. The van der Waals surface area contributed by atoms with Crippen LogP contribution in [0, 0.1) is 16.7 Å². The Morgan fingerprint density at radius 2 is 1.90 bits per heavy atom. The molecule has 1 unspecified atom stereocenters. The van der Waals surface area contributed by atoms with Crippen molar-refractivity contribution in [1.29, 1.82) is 0 Å². The summed E-state index contributed by atoms with van der Waals surface area (Å²) in [4.78, 5) is 12.8. The molecular formula is C23H28ClNO3S. The van der Waals surface area contributed by atoms with E-state index in [1.54, 1.807) is 4.31 Å². The topological polar surface area (TPSA) is 54.5 Å². The van der Waals surface area contributed by atoms with Crippen molar-refractivity contribution in [3.05, 3.63) is 40.4 Å². The van der Waals surface area contributed by atoms with Crippen molar-refractivity contribution in [3.63, 3.8) is 0 Å². The lowest BCUT2D eigenvalue weighted by atomic mass is 9.70. The molecule has 0 amide bonds. The molecule has 0 aromatic heterocycles. The molecule has 1 saturated heterocycles. The molecule has 0 radical (unpaired) electrons. The maximum absolute atomic E-state index is 13.4. The highest BCUT2D eigenvalue weighted by atomic mass is 35.5. The maximum atomic E-state index is 13.4. The Hall–Kier alpha value is -1.17. The van der Waals surface area contributed by atoms with Gasteiger partial charge in [0.15, 0.2) is 0 Å². The number of fused-ring (bicyclic) bond motifs is 4. The summed E-state index contributed by atoms with van der Waals surface area (Å²) in [6.07, 6.45) is 8.12. The fourth-order valence-electron chi connectivity index (χ4n) is 6.57. The van der Waals surface area contributed by atoms with Crippen LogP contribution in [0.4, 0.5) is 0 Å². The third kappa shape index (κ3) is 2.66. The molecule has 2 bridgehead atoms. The molecule has 2 atom stereocenters. The number of rotatable bonds is 3. The highest BCUT2D eigenvalue weighted by Crippen LogP contribution is 2.64. The van der Waals surface area contributed by atoms with E-state index in [2.05, 4.69) is 32.1 Å². The summed E-state index contributed by atoms with van der Waals surface area (Å²) >= 11 is 6.13. The van der Waals surface area contributed by atoms with Crippen LogP contribution >= 0.6 is 11.6 Å². The highest BCUT2D eigenvalue weighted by Gasteiger charge is 2.65. The summed E-state index contributed by atoms with van der Waals surface area (Å²) in [5.41, 5.74) is 1.39. The molecule has 5 rings (SSSR count). The van der Waals surface area contributed by atoms with Crippen LogP contribution in [0.1, 0.15) is 57.1 Å². The van der Waals surface area contributed by atoms with Crippen molar-refractivity contribution in [2.24, 2.45) is 16.7 Å². The van der Waals surface area contributed by atoms with Crippen LogP contribution in [0.5, 0.6) is 0 Å². The van der Waals surface area contributed by atoms with Crippen LogP contribution in [0.3, 0.4) is 0 Å². The lowest BCUT2D eigenvalue weighted by molar-refractivity contribution is -0.128. The minimum atomic E-state index is -3.48. The minimum Gasteiger partial charge on any atom is -0.299 e. The van der Waals surface area contributed by atoms with E-state index < -0.39 is 15.4 Å². The van der Waals surface area contributed by atoms with Gasteiger partial charge >= 0.3 is 0 Å². The van der Waals surface area contributed by atoms with Crippen molar-refractivity contribution in [2.75, 3.05) is 18.8 Å². The Kier molecular flexibility index (Phi) is 4.21. The van der Waals surface area contributed by atoms with Gasteiger partial charge in [-0.3, -0.25) is 4.79 Å². The van der Waals surface area contributed by atoms with Gasteiger partial charge in [-0.25, -0.2) is 12.7 Å². The van der Waals surface area contributed by atoms with E-state index in [9.17, 15) is 13.2 Å². The average Bonchev–Trinajstić information content (AvgIpc) is 3.18. The second-order valence-electron chi connectivity index (χ2n) is 10.0. The Morgan fingerprint density at radius 3 is 2.52 bits per heavy atom. The number of halogens is 1. The van der Waals surface area contributed by atoms with Crippen molar-refractivity contribution in [3.8, 4) is 0 Å². The van der Waals surface area contributed by atoms with E-state index in [1.165, 1.54) is 5.56 Å². The zero-order chi connectivity index (χ0) is 20.7. The SMILES string of the molecule is CC1(C)C2CC[C@@]1(CS(=O)(=O)N1CCC3(C=Cc4cc(Cl)ccc43)CC1)C(=O)C2. The quantitative estimate of drug-likeness (QED) is 0.708. The third-order valence-electron chi connectivity index (χ3n) is 8.71. The van der Waals surface area contributed by atoms with E-state index >= 15 is 0 Å². The third-order valence-corrected chi connectivity index (χ3v) is 11.0. The Morgan fingerprint density at radius 1 is 1.17 bits per heavy atom. The zero-order valence-electron chi connectivity index (χ0n) is 17.1. The molecule has 0 N–H and O–H groups in total. The number of ketones is 1. The van der Waals surface area contributed by atoms with Crippen molar-refractivity contribution in [1.82, 2.24) is 4.31 Å². The van der Waals surface area contributed by atoms with Crippen LogP contribution in [0.15, 0.2) is 24.3 Å². The molecule has 1 heterocycles. The predicted molar refractivity (Wildman–Crippen MR) is 115 cm³/mol. The summed E-state index contributed by atoms with van der Waals surface area (Å²) in [5.74, 6) is 0.485. The number of Topliss-reactive ketones (excluding diaryl/α,β-unsaturated/α-hetero) is 1. The number of piperidine rings is 1. The lowest BCUT2D eigenvalue weighted by Crippen LogP contribution is -2.50. The molecule has 3 fully saturated rings. The van der Waals surface area contributed by atoms with E-state index in [1.807, 2.05) is 12.1 Å². The Balaban J connectivity index is 1.36. The van der Waals surface area contributed by atoms with Gasteiger partial charge in [-0.1, -0.05) is 43.7 Å². The summed E-state index contributed by atoms with van der Waals surface area (Å²) in [7, 11) is -3.48. The van der Waals surface area contributed by atoms with Crippen LogP contribution < -0.4 is 0 Å². The number of benzene rings is 1. The van der Waals surface area contributed by atoms with E-state index in [-0.39, 0.29) is 22.4 Å². The molecule has 1 aromatic carbocycles. The van der Waals surface area contributed by atoms with Crippen molar-refractivity contribution in [2.45, 2.75) is 51.4 Å². The van der Waals surface area contributed by atoms with Gasteiger partial charge in [0.2, 0.25) is 10.0 Å². The normalized spacial score (nSPS) is 32.2. The molecule has 4 nitrogen and oxygen atoms in total. The van der Waals surface area contributed by atoms with E-state index in [4.69, 9.17) is 11.6 Å². The zero-order valence-corrected chi connectivity index (χ0v) is 18.7. The van der Waals surface area contributed by atoms with Gasteiger partial charge < -0.3 is 0 Å². The monoisotopic (exact) mass is 433 g/mol. The number of hydrogen-bond donors (Lipinski definition) is 0. The van der Waals surface area contributed by atoms with Gasteiger partial charge in [0.1, 0.15) is 5.78 Å². The van der Waals surface area contributed by atoms with Crippen molar-refractivity contribution < 1.29 is 13.2 Å². The molecule has 4 aliphatic rings. The van der Waals surface area contributed by atoms with Gasteiger partial charge in [0, 0.05) is 35.4 Å². The summed E-state index contributed by atoms with van der Waals surface area (Å²) in [6.45, 7) is 5.20. The first-order valence-electron chi connectivity index (χ1n) is 10.6. The molecule has 29 heavy (non-hydrogen) atoms. The van der Waals surface area contributed by atoms with E-state index in [0.717, 1.165) is 36.3 Å². The predicted octanol–water partition coefficient (Wildman–Crippen LogP) is 4.43. The van der Waals surface area contributed by atoms with Gasteiger partial charge in [0.25, 0.3) is 0 Å². The smallest absolute Gasteiger partial charge is 0.215 e. The molecule has 6 heteroatoms. The Labute approximate surface area is 178 Å². The number of hydrogen-bond acceptors (Lipinski definition) is 3. The van der Waals surface area contributed by atoms with Crippen LogP contribution in [-0.4, -0.2) is 37.3 Å². The van der Waals surface area contributed by atoms with Crippen LogP contribution in [0.25, 0.3) is 6.08 Å². The van der Waals surface area contributed by atoms with Crippen LogP contribution in [0.2, 0.25) is 5.02 Å². The number of sulfonamides is 1. The first kappa shape index (κ1) is 19.8. The molecule has 156 valence electrons. The second kappa shape index (κ2) is 6.18. The minimum absolute atomic E-state index is 0.0165. The molecule has 1 aromatic rings. The fourth-order valence-corrected chi connectivity index (χ4v) is 8.98. The van der Waals surface area contributed by atoms with Crippen molar-refractivity contribution >= 4 is 33.5 Å². The first-order valence-corrected chi connectivity index (χ1v) is 12.6. The standard InChI is InChI=1S/C23H28ClNO3S/c1-21(2)17-6-8-23(21,20(26)14-17)15-29(27,28)25-11-9-22(10-12-25)7-5-16-13-18(24)3-4-19(16)22/h3-5,7,13,17H,6,8-12,14-15H2,1-2H3/t17?,23-/m1/s1. The average molecular weight is 434 g/mol. The summed E-state index contributed by atoms with van der Waals surface area (Å²) < 4.78 is 28.4. The number of nitrogens with zero attached hydrogens (tertiary/aromatic N) is 1. The second-order valence-corrected chi connectivity index (χ2v) is 12.4.